The van der Waals surface area contributed by atoms with Crippen LogP contribution in [0.3, 0.4) is 0 Å². The van der Waals surface area contributed by atoms with Crippen molar-refractivity contribution in [3.63, 3.8) is 0 Å². The van der Waals surface area contributed by atoms with Crippen molar-refractivity contribution in [1.29, 1.82) is 0 Å². The molecule has 0 fully saturated rings. The lowest BCUT2D eigenvalue weighted by Gasteiger charge is -2.21. The normalized spacial score (nSPS) is 13.4. The summed E-state index contributed by atoms with van der Waals surface area (Å²) in [4.78, 5) is 11.7. The highest BCUT2D eigenvalue weighted by Gasteiger charge is 2.13. The first kappa shape index (κ1) is 14.2. The van der Waals surface area contributed by atoms with E-state index in [1.165, 1.54) is 5.56 Å². The van der Waals surface area contributed by atoms with E-state index in [4.69, 9.17) is 0 Å². The number of thiophene rings is 1. The third-order valence-electron chi connectivity index (χ3n) is 2.31. The molecule has 17 heavy (non-hydrogen) atoms. The summed E-state index contributed by atoms with van der Waals surface area (Å²) in [5.41, 5.74) is 1.26. The Hall–Kier alpha value is -0.870. The summed E-state index contributed by atoms with van der Waals surface area (Å²) < 4.78 is 0. The quantitative estimate of drug-likeness (QED) is 0.845. The monoisotopic (exact) mass is 254 g/mol. The minimum absolute atomic E-state index is 0.0199. The van der Waals surface area contributed by atoms with Crippen molar-refractivity contribution >= 4 is 17.2 Å². The number of carbonyl (C=O) groups excluding carboxylic acids is 1. The predicted molar refractivity (Wildman–Crippen MR) is 73.4 cm³/mol. The zero-order valence-corrected chi connectivity index (χ0v) is 11.9. The molecule has 0 radical (unpaired) electrons. The molecule has 0 aromatic carbocycles. The number of nitrogens with one attached hydrogen (secondary N) is 2. The molecule has 0 aliphatic rings. The lowest BCUT2D eigenvalue weighted by Crippen LogP contribution is -2.45. The predicted octanol–water partition coefficient (Wildman–Crippen LogP) is 2.18. The van der Waals surface area contributed by atoms with E-state index in [-0.39, 0.29) is 17.5 Å². The van der Waals surface area contributed by atoms with Gasteiger partial charge in [-0.25, -0.2) is 0 Å². The van der Waals surface area contributed by atoms with Crippen molar-refractivity contribution < 1.29 is 4.79 Å². The van der Waals surface area contributed by atoms with Crippen LogP contribution in [0.15, 0.2) is 16.8 Å². The van der Waals surface area contributed by atoms with Crippen molar-refractivity contribution in [1.82, 2.24) is 10.6 Å². The van der Waals surface area contributed by atoms with Crippen LogP contribution in [0.5, 0.6) is 0 Å². The van der Waals surface area contributed by atoms with E-state index in [0.29, 0.717) is 6.54 Å². The Kier molecular flexibility index (Phi) is 5.15. The summed E-state index contributed by atoms with van der Waals surface area (Å²) in [6.07, 6.45) is 0.894. The molecule has 1 unspecified atom stereocenters. The standard InChI is InChI=1S/C13H22N2OS/c1-10(7-11-5-6-17-9-11)15-12(16)8-14-13(2,3)4/h5-6,9-10,14H,7-8H2,1-4H3,(H,15,16). The maximum atomic E-state index is 11.7. The second-order valence-electron chi connectivity index (χ2n) is 5.41. The SMILES string of the molecule is CC(Cc1ccsc1)NC(=O)CNC(C)(C)C. The fourth-order valence-electron chi connectivity index (χ4n) is 1.48. The third kappa shape index (κ3) is 6.44. The minimum Gasteiger partial charge on any atom is -0.352 e. The molecule has 3 nitrogen and oxygen atoms in total. The molecule has 0 spiro atoms. The molecule has 96 valence electrons. The molecule has 0 aliphatic carbocycles. The van der Waals surface area contributed by atoms with Gasteiger partial charge in [0, 0.05) is 11.6 Å². The molecule has 1 amide bonds. The molecule has 0 aliphatic heterocycles. The Morgan fingerprint density at radius 3 is 2.71 bits per heavy atom. The van der Waals surface area contributed by atoms with E-state index in [1.54, 1.807) is 11.3 Å². The molecule has 0 saturated heterocycles. The van der Waals surface area contributed by atoms with Crippen LogP contribution < -0.4 is 10.6 Å². The average molecular weight is 254 g/mol. The van der Waals surface area contributed by atoms with Gasteiger partial charge < -0.3 is 10.6 Å². The van der Waals surface area contributed by atoms with Gasteiger partial charge in [0.2, 0.25) is 5.91 Å². The Bertz CT molecular complexity index is 341. The zero-order chi connectivity index (χ0) is 12.9. The summed E-state index contributed by atoms with van der Waals surface area (Å²) in [5, 5.41) is 10.4. The van der Waals surface area contributed by atoms with Crippen molar-refractivity contribution in [3.8, 4) is 0 Å². The minimum atomic E-state index is -0.0199. The first-order chi connectivity index (χ1) is 7.87. The van der Waals surface area contributed by atoms with Gasteiger partial charge in [0.05, 0.1) is 6.54 Å². The van der Waals surface area contributed by atoms with Gasteiger partial charge in [0.15, 0.2) is 0 Å². The van der Waals surface area contributed by atoms with Gasteiger partial charge in [-0.15, -0.1) is 0 Å². The summed E-state index contributed by atoms with van der Waals surface area (Å²) in [6, 6.07) is 2.28. The average Bonchev–Trinajstić information content (AvgIpc) is 2.66. The Balaban J connectivity index is 2.26. The van der Waals surface area contributed by atoms with Gasteiger partial charge in [0.25, 0.3) is 0 Å². The second kappa shape index (κ2) is 6.17. The number of hydrogen-bond acceptors (Lipinski definition) is 3. The zero-order valence-electron chi connectivity index (χ0n) is 11.0. The van der Waals surface area contributed by atoms with Crippen LogP contribution in [-0.2, 0) is 11.2 Å². The summed E-state index contributed by atoms with van der Waals surface area (Å²) in [5.74, 6) is 0.0580. The third-order valence-corrected chi connectivity index (χ3v) is 3.04. The van der Waals surface area contributed by atoms with E-state index in [0.717, 1.165) is 6.42 Å². The molecule has 4 heteroatoms. The Labute approximate surface area is 108 Å². The first-order valence-corrected chi connectivity index (χ1v) is 6.86. The lowest BCUT2D eigenvalue weighted by atomic mass is 10.1. The topological polar surface area (TPSA) is 41.1 Å². The van der Waals surface area contributed by atoms with Gasteiger partial charge >= 0.3 is 0 Å². The molecule has 1 rings (SSSR count). The highest BCUT2D eigenvalue weighted by molar-refractivity contribution is 7.07. The number of hydrogen-bond donors (Lipinski definition) is 2. The van der Waals surface area contributed by atoms with Crippen LogP contribution in [0.1, 0.15) is 33.3 Å². The highest BCUT2D eigenvalue weighted by atomic mass is 32.1. The first-order valence-electron chi connectivity index (χ1n) is 5.92. The molecular weight excluding hydrogens is 232 g/mol. The van der Waals surface area contributed by atoms with Crippen LogP contribution in [0, 0.1) is 0 Å². The van der Waals surface area contributed by atoms with Crippen molar-refractivity contribution in [2.45, 2.75) is 45.7 Å². The largest absolute Gasteiger partial charge is 0.352 e. The summed E-state index contributed by atoms with van der Waals surface area (Å²) in [6.45, 7) is 8.56. The van der Waals surface area contributed by atoms with Crippen molar-refractivity contribution in [2.75, 3.05) is 6.54 Å². The molecule has 2 N–H and O–H groups in total. The van der Waals surface area contributed by atoms with Gasteiger partial charge in [0.1, 0.15) is 0 Å². The number of carbonyl (C=O) groups is 1. The van der Waals surface area contributed by atoms with E-state index in [2.05, 4.69) is 48.2 Å². The maximum absolute atomic E-state index is 11.7. The van der Waals surface area contributed by atoms with E-state index < -0.39 is 0 Å². The van der Waals surface area contributed by atoms with Crippen LogP contribution in [0.25, 0.3) is 0 Å². The van der Waals surface area contributed by atoms with Gasteiger partial charge in [-0.3, -0.25) is 4.79 Å². The van der Waals surface area contributed by atoms with E-state index in [9.17, 15) is 4.79 Å². The summed E-state index contributed by atoms with van der Waals surface area (Å²) >= 11 is 1.69. The maximum Gasteiger partial charge on any atom is 0.234 e. The fourth-order valence-corrected chi connectivity index (χ4v) is 2.17. The van der Waals surface area contributed by atoms with Crippen molar-refractivity contribution in [2.24, 2.45) is 0 Å². The van der Waals surface area contributed by atoms with Crippen LogP contribution in [-0.4, -0.2) is 24.0 Å². The van der Waals surface area contributed by atoms with Crippen LogP contribution >= 0.6 is 11.3 Å². The fraction of sp³-hybridized carbons (Fsp3) is 0.615. The van der Waals surface area contributed by atoms with Crippen molar-refractivity contribution in [3.05, 3.63) is 22.4 Å². The molecule has 1 heterocycles. The Morgan fingerprint density at radius 2 is 2.18 bits per heavy atom. The van der Waals surface area contributed by atoms with Crippen LogP contribution in [0.2, 0.25) is 0 Å². The molecule has 0 bridgehead atoms. The van der Waals surface area contributed by atoms with Crippen LogP contribution in [0.4, 0.5) is 0 Å². The summed E-state index contributed by atoms with van der Waals surface area (Å²) in [7, 11) is 0. The Morgan fingerprint density at radius 1 is 1.47 bits per heavy atom. The number of amides is 1. The highest BCUT2D eigenvalue weighted by Crippen LogP contribution is 2.08. The van der Waals surface area contributed by atoms with E-state index >= 15 is 0 Å². The second-order valence-corrected chi connectivity index (χ2v) is 6.19. The number of rotatable bonds is 5. The molecule has 1 aromatic rings. The lowest BCUT2D eigenvalue weighted by molar-refractivity contribution is -0.121. The molecule has 1 aromatic heterocycles. The molecular formula is C13H22N2OS. The molecule has 0 saturated carbocycles. The van der Waals surface area contributed by atoms with Gasteiger partial charge in [-0.05, 0) is 56.5 Å². The molecule has 1 atom stereocenters. The van der Waals surface area contributed by atoms with Gasteiger partial charge in [-0.2, -0.15) is 11.3 Å². The van der Waals surface area contributed by atoms with E-state index in [1.807, 2.05) is 6.92 Å². The van der Waals surface area contributed by atoms with Gasteiger partial charge in [-0.1, -0.05) is 0 Å². The smallest absolute Gasteiger partial charge is 0.234 e.